The van der Waals surface area contributed by atoms with E-state index >= 15 is 0 Å². The summed E-state index contributed by atoms with van der Waals surface area (Å²) in [5.74, 6) is -0.194. The first-order valence-corrected chi connectivity index (χ1v) is 13.2. The Morgan fingerprint density at radius 3 is 2.57 bits per heavy atom. The molecule has 7 heteroatoms. The van der Waals surface area contributed by atoms with Crippen LogP contribution in [0.25, 0.3) is 16.6 Å². The second-order valence-corrected chi connectivity index (χ2v) is 11.2. The second kappa shape index (κ2) is 9.23. The van der Waals surface area contributed by atoms with Crippen LogP contribution in [0.15, 0.2) is 79.1 Å². The van der Waals surface area contributed by atoms with E-state index in [1.807, 2.05) is 59.2 Å². The van der Waals surface area contributed by atoms with Gasteiger partial charge in [-0.15, -0.1) is 11.3 Å². The molecule has 37 heavy (non-hydrogen) atoms. The second-order valence-electron chi connectivity index (χ2n) is 9.90. The Labute approximate surface area is 219 Å². The minimum Gasteiger partial charge on any atom is -0.338 e. The maximum Gasteiger partial charge on any atom is 0.253 e. The number of fused-ring (bicyclic) bond motifs is 1. The molecule has 0 spiro atoms. The van der Waals surface area contributed by atoms with Crippen LogP contribution in [0.5, 0.6) is 0 Å². The van der Waals surface area contributed by atoms with Crippen molar-refractivity contribution >= 4 is 28.1 Å². The molecule has 0 radical (unpaired) electrons. The van der Waals surface area contributed by atoms with E-state index in [0.717, 1.165) is 45.6 Å². The third-order valence-corrected chi connectivity index (χ3v) is 8.31. The number of benzene rings is 3. The van der Waals surface area contributed by atoms with Crippen molar-refractivity contribution in [1.82, 2.24) is 19.7 Å². The van der Waals surface area contributed by atoms with Gasteiger partial charge in [0.1, 0.15) is 5.82 Å². The maximum absolute atomic E-state index is 13.5. The Morgan fingerprint density at radius 1 is 1.05 bits per heavy atom. The number of thiazole rings is 1. The molecule has 5 nitrogen and oxygen atoms in total. The van der Waals surface area contributed by atoms with E-state index in [0.29, 0.717) is 13.1 Å². The Bertz CT molecular complexity index is 1590. The molecule has 186 valence electrons. The molecule has 0 saturated carbocycles. The summed E-state index contributed by atoms with van der Waals surface area (Å²) in [4.78, 5) is 21.1. The van der Waals surface area contributed by atoms with Gasteiger partial charge in [-0.1, -0.05) is 18.2 Å². The fraction of sp³-hybridized carbons (Fsp3) is 0.233. The van der Waals surface area contributed by atoms with Crippen molar-refractivity contribution in [1.29, 1.82) is 0 Å². The van der Waals surface area contributed by atoms with Crippen LogP contribution in [0, 0.1) is 19.7 Å². The molecule has 1 amide bonds. The minimum absolute atomic E-state index is 0.0748. The van der Waals surface area contributed by atoms with E-state index in [2.05, 4.69) is 29.1 Å². The fourth-order valence-electron chi connectivity index (χ4n) is 5.63. The van der Waals surface area contributed by atoms with Gasteiger partial charge in [0, 0.05) is 40.5 Å². The number of nitrogens with zero attached hydrogens (tertiary/aromatic N) is 4. The lowest BCUT2D eigenvalue weighted by Crippen LogP contribution is -2.36. The Morgan fingerprint density at radius 2 is 1.84 bits per heavy atom. The number of halogens is 1. The molecule has 2 aromatic heterocycles. The summed E-state index contributed by atoms with van der Waals surface area (Å²) in [6, 6.07) is 20.3. The van der Waals surface area contributed by atoms with E-state index in [1.54, 1.807) is 23.5 Å². The van der Waals surface area contributed by atoms with Gasteiger partial charge in [0.05, 0.1) is 22.4 Å². The monoisotopic (exact) mass is 510 g/mol. The lowest BCUT2D eigenvalue weighted by Gasteiger charge is -2.31. The predicted octanol–water partition coefficient (Wildman–Crippen LogP) is 6.26. The Hall–Kier alpha value is -3.84. The molecule has 1 aliphatic rings. The molecule has 0 bridgehead atoms. The molecule has 3 heterocycles. The van der Waals surface area contributed by atoms with Crippen molar-refractivity contribution < 1.29 is 9.18 Å². The summed E-state index contributed by atoms with van der Waals surface area (Å²) < 4.78 is 15.3. The van der Waals surface area contributed by atoms with Gasteiger partial charge in [0.2, 0.25) is 0 Å². The van der Waals surface area contributed by atoms with Crippen molar-refractivity contribution in [2.45, 2.75) is 32.1 Å². The summed E-state index contributed by atoms with van der Waals surface area (Å²) in [7, 11) is 0. The summed E-state index contributed by atoms with van der Waals surface area (Å²) in [6.07, 6.45) is 5.55. The van der Waals surface area contributed by atoms with Gasteiger partial charge in [-0.05, 0) is 86.3 Å². The lowest BCUT2D eigenvalue weighted by atomic mass is 9.74. The standard InChI is InChI=1S/C30H27FN4OS/c1-20-14-28-23(17-33-35(28)25-10-8-24(31)9-11-25)15-27(20)30(16-26-18-32-21(2)37-26)12-13-34(19-30)29(36)22-6-4-3-5-7-22/h3-11,14-15,17-18H,12-13,16,19H2,1-2H3. The molecule has 0 N–H and O–H groups in total. The maximum atomic E-state index is 13.5. The number of rotatable bonds is 5. The molecule has 0 aliphatic carbocycles. The highest BCUT2D eigenvalue weighted by molar-refractivity contribution is 7.11. The number of carbonyl (C=O) groups excluding carboxylic acids is 1. The largest absolute Gasteiger partial charge is 0.338 e. The Kier molecular flexibility index (Phi) is 5.88. The van der Waals surface area contributed by atoms with Crippen LogP contribution in [-0.4, -0.2) is 38.7 Å². The smallest absolute Gasteiger partial charge is 0.253 e. The first-order valence-electron chi connectivity index (χ1n) is 12.4. The summed E-state index contributed by atoms with van der Waals surface area (Å²) in [6.45, 7) is 5.52. The Balaban J connectivity index is 1.41. The number of amides is 1. The third kappa shape index (κ3) is 4.33. The first-order chi connectivity index (χ1) is 17.9. The molecule has 1 saturated heterocycles. The topological polar surface area (TPSA) is 51.0 Å². The number of hydrogen-bond acceptors (Lipinski definition) is 4. The molecular weight excluding hydrogens is 483 g/mol. The molecule has 6 rings (SSSR count). The van der Waals surface area contributed by atoms with E-state index in [4.69, 9.17) is 0 Å². The zero-order valence-electron chi connectivity index (χ0n) is 20.8. The fourth-order valence-corrected chi connectivity index (χ4v) is 6.57. The van der Waals surface area contributed by atoms with Crippen LogP contribution in [0.2, 0.25) is 0 Å². The number of carbonyl (C=O) groups is 1. The molecule has 1 fully saturated rings. The van der Waals surface area contributed by atoms with Gasteiger partial charge in [-0.2, -0.15) is 5.10 Å². The molecule has 1 atom stereocenters. The SMILES string of the molecule is Cc1ncc(CC2(c3cc4cnn(-c5ccc(F)cc5)c4cc3C)CCN(C(=O)c3ccccc3)C2)s1. The highest BCUT2D eigenvalue weighted by atomic mass is 32.1. The lowest BCUT2D eigenvalue weighted by molar-refractivity contribution is 0.0783. The van der Waals surface area contributed by atoms with Gasteiger partial charge >= 0.3 is 0 Å². The highest BCUT2D eigenvalue weighted by Crippen LogP contribution is 2.42. The quantitative estimate of drug-likeness (QED) is 0.280. The zero-order chi connectivity index (χ0) is 25.6. The van der Waals surface area contributed by atoms with Crippen LogP contribution < -0.4 is 0 Å². The first kappa shape index (κ1) is 23.6. The average Bonchev–Trinajstić information content (AvgIpc) is 3.63. The van der Waals surface area contributed by atoms with E-state index < -0.39 is 0 Å². The summed E-state index contributed by atoms with van der Waals surface area (Å²) >= 11 is 1.72. The van der Waals surface area contributed by atoms with Crippen molar-refractivity contribution in [3.8, 4) is 5.69 Å². The summed E-state index contributed by atoms with van der Waals surface area (Å²) in [5, 5.41) is 6.69. The molecular formula is C30H27FN4OS. The van der Waals surface area contributed by atoms with Crippen LogP contribution in [0.3, 0.4) is 0 Å². The zero-order valence-corrected chi connectivity index (χ0v) is 21.6. The number of likely N-dealkylation sites (tertiary alicyclic amines) is 1. The number of aromatic nitrogens is 3. The van der Waals surface area contributed by atoms with Crippen LogP contribution in [-0.2, 0) is 11.8 Å². The highest BCUT2D eigenvalue weighted by Gasteiger charge is 2.43. The van der Waals surface area contributed by atoms with Gasteiger partial charge in [0.25, 0.3) is 5.91 Å². The van der Waals surface area contributed by atoms with Gasteiger partial charge in [-0.25, -0.2) is 14.1 Å². The van der Waals surface area contributed by atoms with E-state index in [-0.39, 0.29) is 17.1 Å². The summed E-state index contributed by atoms with van der Waals surface area (Å²) in [5.41, 5.74) is 4.70. The van der Waals surface area contributed by atoms with Gasteiger partial charge in [-0.3, -0.25) is 4.79 Å². The molecule has 1 aliphatic heterocycles. The number of hydrogen-bond donors (Lipinski definition) is 0. The predicted molar refractivity (Wildman–Crippen MR) is 145 cm³/mol. The van der Waals surface area contributed by atoms with Crippen molar-refractivity contribution in [3.63, 3.8) is 0 Å². The van der Waals surface area contributed by atoms with Gasteiger partial charge < -0.3 is 4.90 Å². The average molecular weight is 511 g/mol. The van der Waals surface area contributed by atoms with Crippen molar-refractivity contribution in [3.05, 3.63) is 112 Å². The van der Waals surface area contributed by atoms with Crippen molar-refractivity contribution in [2.75, 3.05) is 13.1 Å². The third-order valence-electron chi connectivity index (χ3n) is 7.40. The molecule has 5 aromatic rings. The van der Waals surface area contributed by atoms with Crippen LogP contribution in [0.4, 0.5) is 4.39 Å². The van der Waals surface area contributed by atoms with E-state index in [1.165, 1.54) is 22.6 Å². The van der Waals surface area contributed by atoms with Crippen LogP contribution >= 0.6 is 11.3 Å². The van der Waals surface area contributed by atoms with Crippen LogP contribution in [0.1, 0.15) is 37.8 Å². The molecule has 3 aromatic carbocycles. The van der Waals surface area contributed by atoms with E-state index in [9.17, 15) is 9.18 Å². The number of aryl methyl sites for hydroxylation is 2. The van der Waals surface area contributed by atoms with Gasteiger partial charge in [0.15, 0.2) is 0 Å². The molecule has 1 unspecified atom stereocenters. The minimum atomic E-state index is -0.269. The van der Waals surface area contributed by atoms with Crippen molar-refractivity contribution in [2.24, 2.45) is 0 Å². The normalized spacial score (nSPS) is 17.5.